The van der Waals surface area contributed by atoms with Crippen LogP contribution in [0.2, 0.25) is 0 Å². The van der Waals surface area contributed by atoms with Crippen LogP contribution in [0.15, 0.2) is 119 Å². The summed E-state index contributed by atoms with van der Waals surface area (Å²) in [6, 6.07) is 33.6. The molecule has 0 unspecified atom stereocenters. The third kappa shape index (κ3) is 17.9. The van der Waals surface area contributed by atoms with E-state index in [1.54, 1.807) is 24.3 Å². The first-order chi connectivity index (χ1) is 26.6. The SMILES string of the molecule is CCCCCCCCOc1ccc(N=Nc2ccc(OCCCCCN(CCOC(=O)Nc3ccccc3)CCOC(=O)Nc3ccccc3)cc2)cc1. The van der Waals surface area contributed by atoms with Crippen molar-refractivity contribution in [1.29, 1.82) is 0 Å². The minimum Gasteiger partial charge on any atom is -0.494 e. The Morgan fingerprint density at radius 2 is 0.926 bits per heavy atom. The molecule has 11 heteroatoms. The van der Waals surface area contributed by atoms with Crippen LogP contribution in [0.1, 0.15) is 64.7 Å². The van der Waals surface area contributed by atoms with Gasteiger partial charge in [-0.05, 0) is 105 Å². The van der Waals surface area contributed by atoms with Crippen LogP contribution in [0, 0.1) is 0 Å². The van der Waals surface area contributed by atoms with Gasteiger partial charge in [0, 0.05) is 24.5 Å². The van der Waals surface area contributed by atoms with Gasteiger partial charge in [0.1, 0.15) is 24.7 Å². The fraction of sp³-hybridized carbons (Fsp3) is 0.395. The molecule has 0 spiro atoms. The molecule has 0 bridgehead atoms. The summed E-state index contributed by atoms with van der Waals surface area (Å²) in [5.74, 6) is 1.63. The van der Waals surface area contributed by atoms with Crippen molar-refractivity contribution in [1.82, 2.24) is 4.90 Å². The standard InChI is InChI=1S/C43H55N5O6/c1-2-3-4-5-6-15-32-51-40-25-21-38(22-26-40)46-47-39-23-27-41(28-24-39)52-33-16-9-14-29-48(30-34-53-42(49)44-36-17-10-7-11-18-36)31-35-54-43(50)45-37-19-12-8-13-20-37/h7-8,10-13,17-28H,2-6,9,14-16,29-35H2,1H3,(H,44,49)(H,45,50). The quantitative estimate of drug-likeness (QED) is 0.0512. The number of anilines is 2. The van der Waals surface area contributed by atoms with Crippen LogP contribution in [0.3, 0.4) is 0 Å². The van der Waals surface area contributed by atoms with E-state index in [1.165, 1.54) is 32.1 Å². The molecule has 0 fully saturated rings. The van der Waals surface area contributed by atoms with E-state index in [0.29, 0.717) is 31.1 Å². The lowest BCUT2D eigenvalue weighted by Crippen LogP contribution is -2.34. The summed E-state index contributed by atoms with van der Waals surface area (Å²) in [7, 11) is 0. The van der Waals surface area contributed by atoms with Crippen molar-refractivity contribution in [3.63, 3.8) is 0 Å². The second-order valence-corrected chi connectivity index (χ2v) is 12.8. The molecule has 4 aromatic rings. The number of nitrogens with zero attached hydrogens (tertiary/aromatic N) is 3. The maximum absolute atomic E-state index is 12.2. The normalized spacial score (nSPS) is 11.0. The summed E-state index contributed by atoms with van der Waals surface area (Å²) < 4.78 is 22.6. The van der Waals surface area contributed by atoms with E-state index >= 15 is 0 Å². The van der Waals surface area contributed by atoms with Gasteiger partial charge < -0.3 is 18.9 Å². The van der Waals surface area contributed by atoms with Gasteiger partial charge in [0.2, 0.25) is 0 Å². The number of amides is 2. The highest BCUT2D eigenvalue weighted by molar-refractivity contribution is 5.85. The Hall–Kier alpha value is -5.42. The van der Waals surface area contributed by atoms with Gasteiger partial charge in [0.25, 0.3) is 0 Å². The topological polar surface area (TPSA) is 123 Å². The number of para-hydroxylation sites is 2. The summed E-state index contributed by atoms with van der Waals surface area (Å²) >= 11 is 0. The number of rotatable bonds is 25. The van der Waals surface area contributed by atoms with Crippen LogP contribution in [-0.2, 0) is 9.47 Å². The molecule has 4 rings (SSSR count). The number of ether oxygens (including phenoxy) is 4. The maximum Gasteiger partial charge on any atom is 0.411 e. The zero-order chi connectivity index (χ0) is 37.9. The molecule has 0 aromatic heterocycles. The largest absolute Gasteiger partial charge is 0.494 e. The molecule has 11 nitrogen and oxygen atoms in total. The van der Waals surface area contributed by atoms with Crippen molar-refractivity contribution >= 4 is 34.9 Å². The van der Waals surface area contributed by atoms with E-state index < -0.39 is 12.2 Å². The van der Waals surface area contributed by atoms with Gasteiger partial charge in [-0.1, -0.05) is 75.4 Å². The van der Waals surface area contributed by atoms with Gasteiger partial charge >= 0.3 is 12.2 Å². The van der Waals surface area contributed by atoms with Crippen LogP contribution in [0.4, 0.5) is 32.3 Å². The predicted molar refractivity (Wildman–Crippen MR) is 215 cm³/mol. The Kier molecular flexibility index (Phi) is 19.5. The second-order valence-electron chi connectivity index (χ2n) is 12.8. The van der Waals surface area contributed by atoms with Crippen molar-refractivity contribution in [2.75, 3.05) is 56.7 Å². The molecular formula is C43H55N5O6. The first-order valence-corrected chi connectivity index (χ1v) is 19.1. The van der Waals surface area contributed by atoms with Gasteiger partial charge in [-0.3, -0.25) is 15.5 Å². The number of hydrogen-bond donors (Lipinski definition) is 2. The molecule has 0 aliphatic heterocycles. The number of azo groups is 1. The summed E-state index contributed by atoms with van der Waals surface area (Å²) in [6.07, 6.45) is 9.15. The smallest absolute Gasteiger partial charge is 0.411 e. The Balaban J connectivity index is 1.11. The summed E-state index contributed by atoms with van der Waals surface area (Å²) in [5, 5.41) is 14.2. The third-order valence-corrected chi connectivity index (χ3v) is 8.43. The first-order valence-electron chi connectivity index (χ1n) is 19.1. The van der Waals surface area contributed by atoms with Crippen molar-refractivity contribution in [2.24, 2.45) is 10.2 Å². The Morgan fingerprint density at radius 3 is 1.39 bits per heavy atom. The summed E-state index contributed by atoms with van der Waals surface area (Å²) in [6.45, 7) is 5.72. The van der Waals surface area contributed by atoms with Crippen molar-refractivity contribution in [3.8, 4) is 11.5 Å². The van der Waals surface area contributed by atoms with Gasteiger partial charge in [-0.15, -0.1) is 0 Å². The molecule has 0 saturated carbocycles. The molecule has 0 saturated heterocycles. The molecule has 54 heavy (non-hydrogen) atoms. The van der Waals surface area contributed by atoms with E-state index in [0.717, 1.165) is 61.7 Å². The molecule has 2 amide bonds. The zero-order valence-corrected chi connectivity index (χ0v) is 31.5. The van der Waals surface area contributed by atoms with Crippen molar-refractivity contribution in [3.05, 3.63) is 109 Å². The highest BCUT2D eigenvalue weighted by Gasteiger charge is 2.10. The third-order valence-electron chi connectivity index (χ3n) is 8.43. The summed E-state index contributed by atoms with van der Waals surface area (Å²) in [4.78, 5) is 26.6. The minimum atomic E-state index is -0.512. The van der Waals surface area contributed by atoms with Crippen molar-refractivity contribution in [2.45, 2.75) is 64.7 Å². The average Bonchev–Trinajstić information content (AvgIpc) is 3.19. The van der Waals surface area contributed by atoms with Gasteiger partial charge in [0.05, 0.1) is 24.6 Å². The molecule has 0 aliphatic rings. The number of unbranched alkanes of at least 4 members (excludes halogenated alkanes) is 7. The second kappa shape index (κ2) is 25.5. The highest BCUT2D eigenvalue weighted by atomic mass is 16.6. The Labute approximate surface area is 320 Å². The summed E-state index contributed by atoms with van der Waals surface area (Å²) in [5.41, 5.74) is 2.85. The van der Waals surface area contributed by atoms with Crippen LogP contribution in [0.5, 0.6) is 11.5 Å². The van der Waals surface area contributed by atoms with Crippen molar-refractivity contribution < 1.29 is 28.5 Å². The maximum atomic E-state index is 12.2. The first kappa shape index (κ1) is 41.3. The number of carbonyl (C=O) groups excluding carboxylic acids is 2. The van der Waals surface area contributed by atoms with E-state index in [-0.39, 0.29) is 13.2 Å². The van der Waals surface area contributed by atoms with Crippen LogP contribution < -0.4 is 20.1 Å². The number of nitrogens with one attached hydrogen (secondary N) is 2. The number of carbonyl (C=O) groups is 2. The molecule has 4 aromatic carbocycles. The molecule has 2 N–H and O–H groups in total. The van der Waals surface area contributed by atoms with Crippen LogP contribution in [-0.4, -0.2) is 63.1 Å². The fourth-order valence-corrected chi connectivity index (χ4v) is 5.43. The van der Waals surface area contributed by atoms with E-state index in [1.807, 2.05) is 84.9 Å². The monoisotopic (exact) mass is 737 g/mol. The number of hydrogen-bond acceptors (Lipinski definition) is 9. The fourth-order valence-electron chi connectivity index (χ4n) is 5.43. The molecule has 0 aliphatic carbocycles. The van der Waals surface area contributed by atoms with Gasteiger partial charge in [-0.25, -0.2) is 9.59 Å². The van der Waals surface area contributed by atoms with Gasteiger partial charge in [-0.2, -0.15) is 10.2 Å². The lowest BCUT2D eigenvalue weighted by molar-refractivity contribution is 0.116. The molecular weight excluding hydrogens is 683 g/mol. The van der Waals surface area contributed by atoms with Crippen LogP contribution in [0.25, 0.3) is 0 Å². The molecule has 288 valence electrons. The molecule has 0 radical (unpaired) electrons. The molecule has 0 heterocycles. The van der Waals surface area contributed by atoms with E-state index in [9.17, 15) is 9.59 Å². The average molecular weight is 738 g/mol. The minimum absolute atomic E-state index is 0.203. The predicted octanol–water partition coefficient (Wildman–Crippen LogP) is 11.2. The van der Waals surface area contributed by atoms with E-state index in [2.05, 4.69) is 32.7 Å². The highest BCUT2D eigenvalue weighted by Crippen LogP contribution is 2.23. The Morgan fingerprint density at radius 1 is 0.500 bits per heavy atom. The van der Waals surface area contributed by atoms with Crippen LogP contribution >= 0.6 is 0 Å². The molecule has 0 atom stereocenters. The lowest BCUT2D eigenvalue weighted by atomic mass is 10.1. The van der Waals surface area contributed by atoms with Gasteiger partial charge in [0.15, 0.2) is 0 Å². The van der Waals surface area contributed by atoms with E-state index in [4.69, 9.17) is 18.9 Å². The number of benzene rings is 4. The zero-order valence-electron chi connectivity index (χ0n) is 31.5. The Bertz CT molecular complexity index is 1560. The lowest BCUT2D eigenvalue weighted by Gasteiger charge is -2.22.